The van der Waals surface area contributed by atoms with Crippen LogP contribution in [-0.2, 0) is 4.79 Å². The lowest BCUT2D eigenvalue weighted by atomic mass is 10.2. The normalized spacial score (nSPS) is 12.2. The molecule has 1 aromatic rings. The monoisotopic (exact) mass is 285 g/mol. The summed E-state index contributed by atoms with van der Waals surface area (Å²) in [7, 11) is 0. The average molecular weight is 285 g/mol. The Bertz CT molecular complexity index is 472. The molecule has 0 spiro atoms. The number of primary amides is 1. The molecule has 1 unspecified atom stereocenters. The van der Waals surface area contributed by atoms with E-state index in [1.807, 2.05) is 0 Å². The molecule has 0 aliphatic heterocycles. The van der Waals surface area contributed by atoms with E-state index in [1.54, 1.807) is 0 Å². The fourth-order valence-corrected chi connectivity index (χ4v) is 1.99. The van der Waals surface area contributed by atoms with Crippen molar-refractivity contribution < 1.29 is 9.59 Å². The number of amides is 2. The van der Waals surface area contributed by atoms with Gasteiger partial charge in [-0.05, 0) is 12.8 Å². The minimum Gasteiger partial charge on any atom is -0.382 e. The van der Waals surface area contributed by atoms with E-state index in [0.29, 0.717) is 11.0 Å². The Hall–Kier alpha value is -1.83. The number of nitrogens with zero attached hydrogens (tertiary/aromatic N) is 1. The Morgan fingerprint density at radius 1 is 1.37 bits per heavy atom. The van der Waals surface area contributed by atoms with Crippen molar-refractivity contribution in [3.63, 3.8) is 0 Å². The van der Waals surface area contributed by atoms with Crippen molar-refractivity contribution in [2.45, 2.75) is 26.8 Å². The van der Waals surface area contributed by atoms with Crippen molar-refractivity contribution in [3.05, 3.63) is 4.88 Å². The second kappa shape index (κ2) is 6.37. The van der Waals surface area contributed by atoms with Gasteiger partial charge in [0.15, 0.2) is 5.13 Å². The third-order valence-corrected chi connectivity index (χ3v) is 3.32. The summed E-state index contributed by atoms with van der Waals surface area (Å²) in [4.78, 5) is 27.1. The van der Waals surface area contributed by atoms with E-state index < -0.39 is 17.9 Å². The number of nitrogens with two attached hydrogens (primary N) is 2. The van der Waals surface area contributed by atoms with Crippen LogP contribution >= 0.6 is 11.3 Å². The molecule has 0 bridgehead atoms. The van der Waals surface area contributed by atoms with Crippen molar-refractivity contribution in [1.29, 1.82) is 0 Å². The highest BCUT2D eigenvalue weighted by molar-refractivity contribution is 7.18. The van der Waals surface area contributed by atoms with Gasteiger partial charge in [-0.2, -0.15) is 0 Å². The molecule has 0 radical (unpaired) electrons. The van der Waals surface area contributed by atoms with Gasteiger partial charge in [0.25, 0.3) is 5.91 Å². The molecule has 0 fully saturated rings. The molecule has 2 amide bonds. The number of nitrogens with one attached hydrogen (secondary N) is 2. The number of anilines is 2. The van der Waals surface area contributed by atoms with Crippen LogP contribution in [0.15, 0.2) is 0 Å². The molecular formula is C11H19N5O2S. The van der Waals surface area contributed by atoms with Crippen LogP contribution in [0.3, 0.4) is 0 Å². The first-order valence-corrected chi connectivity index (χ1v) is 6.73. The van der Waals surface area contributed by atoms with E-state index >= 15 is 0 Å². The third-order valence-electron chi connectivity index (χ3n) is 2.30. The highest BCUT2D eigenvalue weighted by Gasteiger charge is 2.19. The number of thiazole rings is 1. The molecule has 106 valence electrons. The second-order valence-electron chi connectivity index (χ2n) is 4.61. The van der Waals surface area contributed by atoms with Gasteiger partial charge in [-0.3, -0.25) is 9.59 Å². The highest BCUT2D eigenvalue weighted by atomic mass is 32.1. The Labute approximate surface area is 115 Å². The van der Waals surface area contributed by atoms with Gasteiger partial charge in [-0.25, -0.2) is 4.98 Å². The molecule has 0 aliphatic carbocycles. The predicted octanol–water partition coefficient (Wildman–Crippen LogP) is 0.397. The summed E-state index contributed by atoms with van der Waals surface area (Å²) >= 11 is 1.15. The van der Waals surface area contributed by atoms with Crippen LogP contribution in [0.2, 0.25) is 0 Å². The first-order valence-electron chi connectivity index (χ1n) is 5.91. The molecule has 0 aliphatic rings. The van der Waals surface area contributed by atoms with E-state index in [2.05, 4.69) is 29.5 Å². The standard InChI is InChI=1S/C11H19N5O2S/c1-5(2)4-14-11-16-8(12)7(19-11)10(18)15-6(3)9(13)17/h5-6H,4,12H2,1-3H3,(H2,13,17)(H,14,16)(H,15,18). The van der Waals surface area contributed by atoms with Crippen molar-refractivity contribution in [3.8, 4) is 0 Å². The summed E-state index contributed by atoms with van der Waals surface area (Å²) in [6.07, 6.45) is 0. The van der Waals surface area contributed by atoms with Gasteiger partial charge in [0.1, 0.15) is 16.7 Å². The molecule has 7 nitrogen and oxygen atoms in total. The number of aromatic nitrogens is 1. The van der Waals surface area contributed by atoms with E-state index in [1.165, 1.54) is 6.92 Å². The van der Waals surface area contributed by atoms with Gasteiger partial charge in [0, 0.05) is 6.54 Å². The lowest BCUT2D eigenvalue weighted by molar-refractivity contribution is -0.119. The van der Waals surface area contributed by atoms with E-state index in [9.17, 15) is 9.59 Å². The molecule has 6 N–H and O–H groups in total. The van der Waals surface area contributed by atoms with Crippen molar-refractivity contribution in [2.75, 3.05) is 17.6 Å². The van der Waals surface area contributed by atoms with Crippen LogP contribution in [0.4, 0.5) is 10.9 Å². The fraction of sp³-hybridized carbons (Fsp3) is 0.545. The minimum absolute atomic E-state index is 0.144. The van der Waals surface area contributed by atoms with Gasteiger partial charge in [-0.1, -0.05) is 25.2 Å². The average Bonchev–Trinajstić information content (AvgIpc) is 2.67. The van der Waals surface area contributed by atoms with Crippen molar-refractivity contribution in [1.82, 2.24) is 10.3 Å². The highest BCUT2D eigenvalue weighted by Crippen LogP contribution is 2.25. The van der Waals surface area contributed by atoms with E-state index in [0.717, 1.165) is 17.9 Å². The van der Waals surface area contributed by atoms with Gasteiger partial charge in [0.2, 0.25) is 5.91 Å². The molecule has 0 saturated carbocycles. The van der Waals surface area contributed by atoms with Crippen LogP contribution < -0.4 is 22.1 Å². The van der Waals surface area contributed by atoms with Gasteiger partial charge >= 0.3 is 0 Å². The SMILES string of the molecule is CC(C)CNc1nc(N)c(C(=O)NC(C)C(N)=O)s1. The molecule has 8 heteroatoms. The van der Waals surface area contributed by atoms with Crippen LogP contribution in [0, 0.1) is 5.92 Å². The topological polar surface area (TPSA) is 123 Å². The lowest BCUT2D eigenvalue weighted by Gasteiger charge is -2.08. The molecule has 1 aromatic heterocycles. The fourth-order valence-electron chi connectivity index (χ4n) is 1.19. The Morgan fingerprint density at radius 3 is 2.53 bits per heavy atom. The quantitative estimate of drug-likeness (QED) is 0.602. The molecule has 19 heavy (non-hydrogen) atoms. The van der Waals surface area contributed by atoms with Crippen LogP contribution in [-0.4, -0.2) is 29.4 Å². The molecule has 0 aromatic carbocycles. The molecule has 1 rings (SSSR count). The van der Waals surface area contributed by atoms with Crippen LogP contribution in [0.5, 0.6) is 0 Å². The van der Waals surface area contributed by atoms with Gasteiger partial charge in [-0.15, -0.1) is 0 Å². The summed E-state index contributed by atoms with van der Waals surface area (Å²) in [5.74, 6) is -0.448. The number of carbonyl (C=O) groups excluding carboxylic acids is 2. The summed E-state index contributed by atoms with van der Waals surface area (Å²) in [6.45, 7) is 6.37. The van der Waals surface area contributed by atoms with Crippen molar-refractivity contribution in [2.24, 2.45) is 11.7 Å². The van der Waals surface area contributed by atoms with Crippen LogP contribution in [0.1, 0.15) is 30.4 Å². The Morgan fingerprint density at radius 2 is 2.00 bits per heavy atom. The lowest BCUT2D eigenvalue weighted by Crippen LogP contribution is -2.42. The zero-order valence-electron chi connectivity index (χ0n) is 11.2. The number of carbonyl (C=O) groups is 2. The number of rotatable bonds is 6. The zero-order valence-corrected chi connectivity index (χ0v) is 12.0. The summed E-state index contributed by atoms with van der Waals surface area (Å²) in [5, 5.41) is 6.14. The number of hydrogen-bond donors (Lipinski definition) is 4. The summed E-state index contributed by atoms with van der Waals surface area (Å²) in [5.41, 5.74) is 10.8. The minimum atomic E-state index is -0.749. The third kappa shape index (κ3) is 4.40. The molecule has 1 heterocycles. The summed E-state index contributed by atoms with van der Waals surface area (Å²) < 4.78 is 0. The maximum absolute atomic E-state index is 11.9. The first-order chi connectivity index (χ1) is 8.81. The van der Waals surface area contributed by atoms with Gasteiger partial charge in [0.05, 0.1) is 0 Å². The molecule has 0 saturated heterocycles. The number of hydrogen-bond acceptors (Lipinski definition) is 6. The number of nitrogen functional groups attached to an aromatic ring is 1. The predicted molar refractivity (Wildman–Crippen MR) is 76.0 cm³/mol. The zero-order chi connectivity index (χ0) is 14.6. The maximum Gasteiger partial charge on any atom is 0.265 e. The van der Waals surface area contributed by atoms with Gasteiger partial charge < -0.3 is 22.1 Å². The smallest absolute Gasteiger partial charge is 0.265 e. The second-order valence-corrected chi connectivity index (χ2v) is 5.60. The van der Waals surface area contributed by atoms with E-state index in [-0.39, 0.29) is 10.7 Å². The maximum atomic E-state index is 11.9. The molecule has 1 atom stereocenters. The largest absolute Gasteiger partial charge is 0.382 e. The molecular weight excluding hydrogens is 266 g/mol. The first kappa shape index (κ1) is 15.2. The summed E-state index contributed by atoms with van der Waals surface area (Å²) in [6, 6.07) is -0.749. The van der Waals surface area contributed by atoms with Crippen LogP contribution in [0.25, 0.3) is 0 Å². The Balaban J connectivity index is 2.72. The Kier molecular flexibility index (Phi) is 5.11. The van der Waals surface area contributed by atoms with Crippen molar-refractivity contribution >= 4 is 34.1 Å². The van der Waals surface area contributed by atoms with E-state index in [4.69, 9.17) is 11.5 Å².